The third-order valence-corrected chi connectivity index (χ3v) is 8.53. The lowest BCUT2D eigenvalue weighted by Crippen LogP contribution is -2.56. The highest BCUT2D eigenvalue weighted by molar-refractivity contribution is 7.90. The molecule has 4 heterocycles. The number of carbonyl (C=O) groups excluding carboxylic acids is 1. The monoisotopic (exact) mass is 433 g/mol. The molecule has 152 valence electrons. The van der Waals surface area contributed by atoms with Gasteiger partial charge in [-0.15, -0.1) is 0 Å². The third-order valence-electron chi connectivity index (χ3n) is 5.95. The van der Waals surface area contributed by atoms with Crippen molar-refractivity contribution in [1.29, 1.82) is 0 Å². The van der Waals surface area contributed by atoms with Gasteiger partial charge >= 0.3 is 0 Å². The molecule has 1 spiro atoms. The maximum Gasteiger partial charge on any atom is 0.272 e. The quantitative estimate of drug-likeness (QED) is 0.739. The smallest absolute Gasteiger partial charge is 0.272 e. The number of sulfonamides is 1. The molecule has 29 heavy (non-hydrogen) atoms. The Labute approximate surface area is 174 Å². The van der Waals surface area contributed by atoms with Crippen molar-refractivity contribution in [1.82, 2.24) is 14.2 Å². The molecule has 2 bridgehead atoms. The van der Waals surface area contributed by atoms with Crippen LogP contribution in [0.2, 0.25) is 5.02 Å². The molecular formula is C20H20ClN3O4S. The molecule has 3 aliphatic heterocycles. The second kappa shape index (κ2) is 6.77. The minimum atomic E-state index is -3.53. The lowest BCUT2D eigenvalue weighted by molar-refractivity contribution is -0.0981. The van der Waals surface area contributed by atoms with Crippen LogP contribution in [-0.4, -0.2) is 65.1 Å². The van der Waals surface area contributed by atoms with E-state index in [9.17, 15) is 13.2 Å². The number of ether oxygens (including phenoxy) is 1. The van der Waals surface area contributed by atoms with Crippen molar-refractivity contribution in [2.45, 2.75) is 29.9 Å². The fourth-order valence-electron chi connectivity index (χ4n) is 4.69. The highest BCUT2D eigenvalue weighted by Gasteiger charge is 2.65. The molecule has 0 N–H and O–H groups in total. The fourth-order valence-corrected chi connectivity index (χ4v) is 7.11. The number of halogens is 1. The number of morpholine rings is 1. The van der Waals surface area contributed by atoms with Crippen LogP contribution in [0.25, 0.3) is 0 Å². The summed E-state index contributed by atoms with van der Waals surface area (Å²) in [7, 11) is -3.53. The van der Waals surface area contributed by atoms with E-state index in [0.717, 1.165) is 5.56 Å². The molecule has 3 fully saturated rings. The Balaban J connectivity index is 1.40. The molecule has 0 unspecified atom stereocenters. The summed E-state index contributed by atoms with van der Waals surface area (Å²) in [5.74, 6) is -0.188. The highest BCUT2D eigenvalue weighted by Crippen LogP contribution is 2.47. The van der Waals surface area contributed by atoms with Crippen molar-refractivity contribution in [3.05, 3.63) is 64.9 Å². The number of benzene rings is 1. The van der Waals surface area contributed by atoms with Gasteiger partial charge in [-0.25, -0.2) is 8.42 Å². The molecule has 0 saturated carbocycles. The number of rotatable bonds is 3. The first-order valence-electron chi connectivity index (χ1n) is 9.49. The van der Waals surface area contributed by atoms with Crippen LogP contribution in [0.5, 0.6) is 0 Å². The van der Waals surface area contributed by atoms with Crippen molar-refractivity contribution >= 4 is 27.5 Å². The van der Waals surface area contributed by atoms with Crippen LogP contribution in [0.3, 0.4) is 0 Å². The summed E-state index contributed by atoms with van der Waals surface area (Å²) in [6, 6.07) is 12.3. The largest absolute Gasteiger partial charge is 0.365 e. The Hall–Kier alpha value is -2.00. The molecule has 7 nitrogen and oxygen atoms in total. The van der Waals surface area contributed by atoms with Gasteiger partial charge in [-0.3, -0.25) is 9.78 Å². The zero-order valence-corrected chi connectivity index (χ0v) is 17.1. The van der Waals surface area contributed by atoms with Gasteiger partial charge in [-0.2, -0.15) is 4.31 Å². The van der Waals surface area contributed by atoms with Gasteiger partial charge in [-0.05, 0) is 36.2 Å². The Morgan fingerprint density at radius 2 is 2.00 bits per heavy atom. The fraction of sp³-hybridized carbons (Fsp3) is 0.400. The van der Waals surface area contributed by atoms with Crippen LogP contribution in [-0.2, 0) is 21.3 Å². The molecule has 0 radical (unpaired) electrons. The number of pyridine rings is 1. The van der Waals surface area contributed by atoms with E-state index in [2.05, 4.69) is 4.98 Å². The molecule has 1 aromatic carbocycles. The number of carbonyl (C=O) groups is 1. The van der Waals surface area contributed by atoms with Gasteiger partial charge in [0.1, 0.15) is 16.5 Å². The van der Waals surface area contributed by atoms with Gasteiger partial charge in [0.15, 0.2) is 0 Å². The minimum absolute atomic E-state index is 0.188. The van der Waals surface area contributed by atoms with Crippen molar-refractivity contribution < 1.29 is 17.9 Å². The summed E-state index contributed by atoms with van der Waals surface area (Å²) < 4.78 is 34.1. The Bertz CT molecular complexity index is 1050. The zero-order valence-electron chi connectivity index (χ0n) is 15.6. The first-order valence-corrected chi connectivity index (χ1v) is 11.4. The van der Waals surface area contributed by atoms with Gasteiger partial charge in [0.2, 0.25) is 10.0 Å². The van der Waals surface area contributed by atoms with Crippen molar-refractivity contribution in [3.63, 3.8) is 0 Å². The van der Waals surface area contributed by atoms with E-state index in [1.54, 1.807) is 41.4 Å². The first-order chi connectivity index (χ1) is 13.9. The SMILES string of the molecule is O=C(c1ccccn1)N1C[C@@H]2C[C@@H]3[C@@](C1)(CN(Cc1ccc(Cl)cc1)S3(=O)=O)O2. The molecular weight excluding hydrogens is 414 g/mol. The average Bonchev–Trinajstić information content (AvgIpc) is 3.09. The second-order valence-electron chi connectivity index (χ2n) is 7.87. The molecule has 5 rings (SSSR count). The maximum atomic E-state index is 13.2. The summed E-state index contributed by atoms with van der Waals surface area (Å²) >= 11 is 5.93. The molecule has 2 aromatic rings. The third kappa shape index (κ3) is 3.15. The zero-order chi connectivity index (χ0) is 20.2. The molecule has 1 aromatic heterocycles. The molecule has 3 atom stereocenters. The molecule has 1 amide bonds. The molecule has 0 aliphatic carbocycles. The topological polar surface area (TPSA) is 79.8 Å². The minimum Gasteiger partial charge on any atom is -0.365 e. The number of likely N-dealkylation sites (tertiary alicyclic amines) is 1. The van der Waals surface area contributed by atoms with Crippen LogP contribution in [0.1, 0.15) is 22.5 Å². The molecule has 3 aliphatic rings. The molecule has 9 heteroatoms. The van der Waals surface area contributed by atoms with E-state index in [1.165, 1.54) is 4.31 Å². The van der Waals surface area contributed by atoms with E-state index in [1.807, 2.05) is 12.1 Å². The average molecular weight is 434 g/mol. The predicted octanol–water partition coefficient (Wildman–Crippen LogP) is 1.93. The summed E-state index contributed by atoms with van der Waals surface area (Å²) in [4.78, 5) is 18.7. The van der Waals surface area contributed by atoms with E-state index >= 15 is 0 Å². The number of hydrogen-bond donors (Lipinski definition) is 0. The number of amides is 1. The first kappa shape index (κ1) is 19.0. The standard InChI is InChI=1S/C20H20ClN3O4S/c21-15-6-4-14(5-7-15)10-24-13-20-12-23(19(25)17-3-1-2-8-22-17)11-16(28-20)9-18(20)29(24,26)27/h1-8,16,18H,9-13H2/t16-,18+,20+/m0/s1. The van der Waals surface area contributed by atoms with Crippen LogP contribution in [0.15, 0.2) is 48.7 Å². The van der Waals surface area contributed by atoms with Crippen LogP contribution in [0.4, 0.5) is 0 Å². The summed E-state index contributed by atoms with van der Waals surface area (Å²) in [5, 5.41) is -0.0237. The normalized spacial score (nSPS) is 30.3. The Morgan fingerprint density at radius 1 is 1.21 bits per heavy atom. The van der Waals surface area contributed by atoms with E-state index < -0.39 is 20.9 Å². The molecule has 3 saturated heterocycles. The second-order valence-corrected chi connectivity index (χ2v) is 10.4. The van der Waals surface area contributed by atoms with Gasteiger partial charge in [-0.1, -0.05) is 29.8 Å². The van der Waals surface area contributed by atoms with E-state index in [-0.39, 0.29) is 31.6 Å². The van der Waals surface area contributed by atoms with Gasteiger partial charge in [0, 0.05) is 30.9 Å². The van der Waals surface area contributed by atoms with E-state index in [0.29, 0.717) is 23.7 Å². The van der Waals surface area contributed by atoms with Crippen LogP contribution < -0.4 is 0 Å². The predicted molar refractivity (Wildman–Crippen MR) is 107 cm³/mol. The number of fused-ring (bicyclic) bond motifs is 1. The van der Waals surface area contributed by atoms with Gasteiger partial charge < -0.3 is 9.64 Å². The number of hydrogen-bond acceptors (Lipinski definition) is 5. The maximum absolute atomic E-state index is 13.2. The Kier molecular flexibility index (Phi) is 4.43. The van der Waals surface area contributed by atoms with Gasteiger partial charge in [0.05, 0.1) is 12.6 Å². The summed E-state index contributed by atoms with van der Waals surface area (Å²) in [6.45, 7) is 1.14. The lowest BCUT2D eigenvalue weighted by atomic mass is 9.99. The number of nitrogens with zero attached hydrogens (tertiary/aromatic N) is 3. The lowest BCUT2D eigenvalue weighted by Gasteiger charge is -2.39. The summed E-state index contributed by atoms with van der Waals surface area (Å²) in [6.07, 6.45) is 1.72. The van der Waals surface area contributed by atoms with Crippen LogP contribution in [0, 0.1) is 0 Å². The van der Waals surface area contributed by atoms with Crippen molar-refractivity contribution in [3.8, 4) is 0 Å². The summed E-state index contributed by atoms with van der Waals surface area (Å²) in [5.41, 5.74) is 0.335. The number of aromatic nitrogens is 1. The Morgan fingerprint density at radius 3 is 2.72 bits per heavy atom. The van der Waals surface area contributed by atoms with Gasteiger partial charge in [0.25, 0.3) is 5.91 Å². The van der Waals surface area contributed by atoms with E-state index in [4.69, 9.17) is 16.3 Å². The van der Waals surface area contributed by atoms with Crippen LogP contribution >= 0.6 is 11.6 Å². The highest BCUT2D eigenvalue weighted by atomic mass is 35.5. The van der Waals surface area contributed by atoms with Crippen molar-refractivity contribution in [2.24, 2.45) is 0 Å². The van der Waals surface area contributed by atoms with Crippen molar-refractivity contribution in [2.75, 3.05) is 19.6 Å².